The molecule has 1 aromatic rings. The normalized spacial score (nSPS) is 15.7. The summed E-state index contributed by atoms with van der Waals surface area (Å²) in [6.45, 7) is 1.50. The van der Waals surface area contributed by atoms with Crippen molar-refractivity contribution in [2.45, 2.75) is 19.1 Å². The van der Waals surface area contributed by atoms with Gasteiger partial charge < -0.3 is 5.32 Å². The van der Waals surface area contributed by atoms with Crippen molar-refractivity contribution in [1.82, 2.24) is 14.9 Å². The van der Waals surface area contributed by atoms with Crippen LogP contribution in [-0.2, 0) is 20.6 Å². The number of nitrogens with zero attached hydrogens (tertiary/aromatic N) is 1. The van der Waals surface area contributed by atoms with Gasteiger partial charge in [-0.2, -0.15) is 0 Å². The van der Waals surface area contributed by atoms with Crippen LogP contribution >= 0.6 is 0 Å². The van der Waals surface area contributed by atoms with E-state index in [-0.39, 0.29) is 11.3 Å². The molecule has 0 unspecified atom stereocenters. The summed E-state index contributed by atoms with van der Waals surface area (Å²) < 4.78 is 24.8. The molecule has 0 spiro atoms. The van der Waals surface area contributed by atoms with Gasteiger partial charge in [0.1, 0.15) is 6.54 Å². The van der Waals surface area contributed by atoms with Crippen molar-refractivity contribution in [3.05, 3.63) is 35.4 Å². The van der Waals surface area contributed by atoms with E-state index in [1.165, 1.54) is 6.07 Å². The number of sulfonamides is 1. The molecule has 124 valence electrons. The Balaban J connectivity index is 2.12. The Morgan fingerprint density at radius 3 is 2.65 bits per heavy atom. The molecule has 2 rings (SSSR count). The van der Waals surface area contributed by atoms with Crippen molar-refractivity contribution in [2.75, 3.05) is 13.1 Å². The lowest BCUT2D eigenvalue weighted by Gasteiger charge is -2.27. The first-order valence-electron chi connectivity index (χ1n) is 7.05. The molecule has 1 aromatic carbocycles. The minimum absolute atomic E-state index is 0.241. The van der Waals surface area contributed by atoms with Crippen LogP contribution in [0.4, 0.5) is 4.79 Å². The van der Waals surface area contributed by atoms with Crippen molar-refractivity contribution in [1.29, 1.82) is 0 Å². The number of urea groups is 1. The zero-order valence-corrected chi connectivity index (χ0v) is 13.4. The summed E-state index contributed by atoms with van der Waals surface area (Å²) in [4.78, 5) is 35.5. The van der Waals surface area contributed by atoms with Gasteiger partial charge in [0.05, 0.1) is 5.75 Å². The van der Waals surface area contributed by atoms with E-state index >= 15 is 0 Å². The lowest BCUT2D eigenvalue weighted by atomic mass is 10.1. The summed E-state index contributed by atoms with van der Waals surface area (Å²) >= 11 is 0. The topological polar surface area (TPSA) is 113 Å². The van der Waals surface area contributed by atoms with Crippen LogP contribution in [0.15, 0.2) is 24.3 Å². The Bertz CT molecular complexity index is 745. The minimum atomic E-state index is -3.94. The van der Waals surface area contributed by atoms with Crippen LogP contribution < -0.4 is 10.6 Å². The molecular weight excluding hydrogens is 322 g/mol. The van der Waals surface area contributed by atoms with Crippen molar-refractivity contribution in [2.24, 2.45) is 0 Å². The van der Waals surface area contributed by atoms with Crippen molar-refractivity contribution in [3.8, 4) is 0 Å². The van der Waals surface area contributed by atoms with E-state index in [9.17, 15) is 22.8 Å². The largest absolute Gasteiger partial charge is 0.338 e. The van der Waals surface area contributed by atoms with E-state index in [4.69, 9.17) is 0 Å². The van der Waals surface area contributed by atoms with E-state index in [1.807, 2.05) is 12.2 Å². The van der Waals surface area contributed by atoms with Crippen LogP contribution in [0.5, 0.6) is 0 Å². The van der Waals surface area contributed by atoms with Crippen LogP contribution in [-0.4, -0.2) is 43.7 Å². The Labute approximate surface area is 133 Å². The number of carbonyl (C=O) groups is 3. The Kier molecular flexibility index (Phi) is 4.99. The number of carbonyl (C=O) groups excluding carboxylic acids is 3. The van der Waals surface area contributed by atoms with Gasteiger partial charge in [0, 0.05) is 12.1 Å². The molecule has 2 N–H and O–H groups in total. The molecule has 0 atom stereocenters. The molecule has 8 nitrogen and oxygen atoms in total. The Hall–Kier alpha value is -2.42. The van der Waals surface area contributed by atoms with Gasteiger partial charge in [0.25, 0.3) is 5.91 Å². The highest BCUT2D eigenvalue weighted by atomic mass is 32.2. The van der Waals surface area contributed by atoms with E-state index in [0.29, 0.717) is 22.8 Å². The lowest BCUT2D eigenvalue weighted by Crippen LogP contribution is -2.49. The third-order valence-corrected chi connectivity index (χ3v) is 4.87. The number of amides is 4. The van der Waals surface area contributed by atoms with Crippen molar-refractivity contribution >= 4 is 27.9 Å². The number of fused-ring (bicyclic) bond motifs is 1. The summed E-state index contributed by atoms with van der Waals surface area (Å²) in [5.74, 6) is -1.99. The highest BCUT2D eigenvalue weighted by Crippen LogP contribution is 2.24. The molecule has 1 aliphatic heterocycles. The van der Waals surface area contributed by atoms with E-state index < -0.39 is 34.4 Å². The predicted octanol–water partition coefficient (Wildman–Crippen LogP) is 0.208. The number of imide groups is 1. The number of benzene rings is 1. The molecule has 23 heavy (non-hydrogen) atoms. The second-order valence-electron chi connectivity index (χ2n) is 5.03. The fourth-order valence-corrected chi connectivity index (χ4v) is 3.60. The Morgan fingerprint density at radius 2 is 1.96 bits per heavy atom. The van der Waals surface area contributed by atoms with Crippen LogP contribution in [0.25, 0.3) is 0 Å². The monoisotopic (exact) mass is 339 g/mol. The summed E-state index contributed by atoms with van der Waals surface area (Å²) in [6.07, 6.45) is 0.692. The van der Waals surface area contributed by atoms with Gasteiger partial charge in [-0.3, -0.25) is 14.9 Å². The summed E-state index contributed by atoms with van der Waals surface area (Å²) in [7, 11) is -3.94. The van der Waals surface area contributed by atoms with E-state index in [2.05, 4.69) is 5.32 Å². The third-order valence-electron chi connectivity index (χ3n) is 3.22. The van der Waals surface area contributed by atoms with Crippen molar-refractivity contribution < 1.29 is 22.8 Å². The van der Waals surface area contributed by atoms with E-state index in [1.54, 1.807) is 18.2 Å². The third kappa shape index (κ3) is 3.86. The zero-order chi connectivity index (χ0) is 17.0. The van der Waals surface area contributed by atoms with Gasteiger partial charge in [0.15, 0.2) is 0 Å². The maximum Gasteiger partial charge on any atom is 0.321 e. The van der Waals surface area contributed by atoms with Gasteiger partial charge in [0.2, 0.25) is 15.9 Å². The molecule has 0 radical (unpaired) electrons. The summed E-state index contributed by atoms with van der Waals surface area (Å²) in [5.41, 5.74) is 0.639. The molecular formula is C14H17N3O5S. The molecule has 0 fully saturated rings. The fourth-order valence-electron chi connectivity index (χ4n) is 2.14. The second kappa shape index (κ2) is 6.78. The molecule has 0 bridgehead atoms. The van der Waals surface area contributed by atoms with Crippen LogP contribution in [0.3, 0.4) is 0 Å². The Morgan fingerprint density at radius 1 is 1.26 bits per heavy atom. The van der Waals surface area contributed by atoms with E-state index in [0.717, 1.165) is 0 Å². The maximum atomic E-state index is 12.3. The quantitative estimate of drug-likeness (QED) is 0.814. The molecule has 4 amide bonds. The zero-order valence-electron chi connectivity index (χ0n) is 12.5. The highest BCUT2D eigenvalue weighted by Gasteiger charge is 2.36. The molecule has 1 aliphatic rings. The van der Waals surface area contributed by atoms with Gasteiger partial charge >= 0.3 is 6.03 Å². The van der Waals surface area contributed by atoms with Crippen molar-refractivity contribution in [3.63, 3.8) is 0 Å². The number of rotatable bonds is 4. The highest BCUT2D eigenvalue weighted by molar-refractivity contribution is 7.89. The van der Waals surface area contributed by atoms with Crippen LogP contribution in [0, 0.1) is 0 Å². The fraction of sp³-hybridized carbons (Fsp3) is 0.357. The van der Waals surface area contributed by atoms with Gasteiger partial charge in [-0.15, -0.1) is 0 Å². The van der Waals surface area contributed by atoms with Gasteiger partial charge in [-0.05, 0) is 18.1 Å². The average molecular weight is 339 g/mol. The second-order valence-corrected chi connectivity index (χ2v) is 6.92. The predicted molar refractivity (Wildman–Crippen MR) is 81.9 cm³/mol. The molecule has 0 saturated heterocycles. The standard InChI is InChI=1S/C14H17N3O5S/c1-2-7-15-14(20)16-12(18)8-17-13(19)11-6-4-3-5-10(11)9-23(17,21)22/h3-6H,2,7-9H2,1H3,(H2,15,16,18,20). The average Bonchev–Trinajstić information content (AvgIpc) is 2.49. The van der Waals surface area contributed by atoms with Gasteiger partial charge in [-0.25, -0.2) is 17.5 Å². The first-order valence-corrected chi connectivity index (χ1v) is 8.66. The molecule has 1 heterocycles. The first-order chi connectivity index (χ1) is 10.8. The maximum absolute atomic E-state index is 12.3. The van der Waals surface area contributed by atoms with Gasteiger partial charge in [-0.1, -0.05) is 25.1 Å². The number of nitrogens with one attached hydrogen (secondary N) is 2. The smallest absolute Gasteiger partial charge is 0.321 e. The molecule has 0 aromatic heterocycles. The minimum Gasteiger partial charge on any atom is -0.338 e. The summed E-state index contributed by atoms with van der Waals surface area (Å²) in [6, 6.07) is 5.60. The first kappa shape index (κ1) is 16.9. The van der Waals surface area contributed by atoms with Crippen LogP contribution in [0.2, 0.25) is 0 Å². The summed E-state index contributed by atoms with van der Waals surface area (Å²) in [5, 5.41) is 4.42. The number of hydrogen-bond donors (Lipinski definition) is 2. The molecule has 9 heteroatoms. The SMILES string of the molecule is CCCNC(=O)NC(=O)CN1C(=O)c2ccccc2CS1(=O)=O. The molecule has 0 aliphatic carbocycles. The number of hydrogen-bond acceptors (Lipinski definition) is 5. The molecule has 0 saturated carbocycles. The van der Waals surface area contributed by atoms with Crippen LogP contribution in [0.1, 0.15) is 29.3 Å². The lowest BCUT2D eigenvalue weighted by molar-refractivity contribution is -0.120.